The van der Waals surface area contributed by atoms with Crippen LogP contribution in [-0.4, -0.2) is 5.25 Å². The van der Waals surface area contributed by atoms with E-state index in [1.807, 2.05) is 23.1 Å². The Labute approximate surface area is 265 Å². The maximum Gasteiger partial charge on any atom is 0.0355 e. The number of benzene rings is 7. The highest BCUT2D eigenvalue weighted by Gasteiger charge is 2.21. The Morgan fingerprint density at radius 3 is 1.84 bits per heavy atom. The SMILES string of the molecule is C(=C\c1cc2cc3cc4cc5c(cc4cc3cc2s1)SC(/C=C/c1ccc2ccccc2c1)C5)/c1ccc2ccccc2c1. The van der Waals surface area contributed by atoms with Crippen LogP contribution in [0.15, 0.2) is 138 Å². The van der Waals surface area contributed by atoms with Gasteiger partial charge in [0, 0.05) is 19.7 Å². The average Bonchev–Trinajstić information content (AvgIpc) is 3.65. The molecule has 0 N–H and O–H groups in total. The molecule has 1 atom stereocenters. The predicted molar refractivity (Wildman–Crippen MR) is 196 cm³/mol. The summed E-state index contributed by atoms with van der Waals surface area (Å²) >= 11 is 3.86. The zero-order valence-electron chi connectivity index (χ0n) is 24.0. The first-order valence-corrected chi connectivity index (χ1v) is 16.8. The summed E-state index contributed by atoms with van der Waals surface area (Å²) in [6, 6.07) is 47.2. The molecule has 9 rings (SSSR count). The van der Waals surface area contributed by atoms with Gasteiger partial charge in [-0.3, -0.25) is 0 Å². The molecule has 7 aromatic carbocycles. The minimum Gasteiger partial charge on any atom is -0.136 e. The Hall–Kier alpha value is -4.63. The van der Waals surface area contributed by atoms with Crippen LogP contribution in [0.5, 0.6) is 0 Å². The fourth-order valence-electron chi connectivity index (χ4n) is 6.54. The van der Waals surface area contributed by atoms with Crippen molar-refractivity contribution in [2.24, 2.45) is 0 Å². The van der Waals surface area contributed by atoms with Gasteiger partial charge in [0.15, 0.2) is 0 Å². The minimum absolute atomic E-state index is 0.467. The van der Waals surface area contributed by atoms with Crippen molar-refractivity contribution in [2.75, 3.05) is 0 Å². The molecule has 1 unspecified atom stereocenters. The van der Waals surface area contributed by atoms with Gasteiger partial charge in [0.1, 0.15) is 0 Å². The Morgan fingerprint density at radius 1 is 0.477 bits per heavy atom. The zero-order chi connectivity index (χ0) is 29.0. The number of thiophene rings is 1. The van der Waals surface area contributed by atoms with Crippen LogP contribution in [0.4, 0.5) is 0 Å². The second kappa shape index (κ2) is 10.5. The number of rotatable bonds is 4. The highest BCUT2D eigenvalue weighted by Crippen LogP contribution is 2.41. The second-order valence-electron chi connectivity index (χ2n) is 11.8. The molecule has 8 aromatic rings. The molecule has 2 heterocycles. The summed E-state index contributed by atoms with van der Waals surface area (Å²) in [5.74, 6) is 0. The van der Waals surface area contributed by atoms with E-state index in [2.05, 4.69) is 152 Å². The van der Waals surface area contributed by atoms with Crippen LogP contribution in [0, 0.1) is 0 Å². The Bertz CT molecular complexity index is 2380. The summed E-state index contributed by atoms with van der Waals surface area (Å²) in [5.41, 5.74) is 3.96. The van der Waals surface area contributed by atoms with Gasteiger partial charge in [0.25, 0.3) is 0 Å². The quantitative estimate of drug-likeness (QED) is 0.182. The van der Waals surface area contributed by atoms with Gasteiger partial charge in [0.2, 0.25) is 0 Å². The Balaban J connectivity index is 0.982. The van der Waals surface area contributed by atoms with Gasteiger partial charge >= 0.3 is 0 Å². The summed E-state index contributed by atoms with van der Waals surface area (Å²) in [6.07, 6.45) is 10.2. The summed E-state index contributed by atoms with van der Waals surface area (Å²) in [5, 5.41) is 12.2. The largest absolute Gasteiger partial charge is 0.136 e. The fourth-order valence-corrected chi connectivity index (χ4v) is 8.77. The van der Waals surface area contributed by atoms with Gasteiger partial charge in [-0.25, -0.2) is 0 Å². The van der Waals surface area contributed by atoms with Gasteiger partial charge in [-0.15, -0.1) is 23.1 Å². The zero-order valence-corrected chi connectivity index (χ0v) is 25.7. The monoisotopic (exact) mass is 596 g/mol. The van der Waals surface area contributed by atoms with Crippen molar-refractivity contribution in [2.45, 2.75) is 16.6 Å². The molecule has 44 heavy (non-hydrogen) atoms. The molecule has 0 bridgehead atoms. The van der Waals surface area contributed by atoms with E-state index in [0.29, 0.717) is 5.25 Å². The molecule has 2 heteroatoms. The van der Waals surface area contributed by atoms with Crippen LogP contribution in [-0.2, 0) is 6.42 Å². The van der Waals surface area contributed by atoms with E-state index in [1.54, 1.807) is 0 Å². The van der Waals surface area contributed by atoms with E-state index in [9.17, 15) is 0 Å². The third kappa shape index (κ3) is 4.81. The third-order valence-electron chi connectivity index (χ3n) is 8.82. The molecule has 1 aromatic heterocycles. The Morgan fingerprint density at radius 2 is 1.09 bits per heavy atom. The van der Waals surface area contributed by atoms with Crippen LogP contribution in [0.3, 0.4) is 0 Å². The van der Waals surface area contributed by atoms with Gasteiger partial charge < -0.3 is 0 Å². The van der Waals surface area contributed by atoms with E-state index in [1.165, 1.54) is 79.6 Å². The lowest BCUT2D eigenvalue weighted by molar-refractivity contribution is 1.04. The van der Waals surface area contributed by atoms with Crippen LogP contribution in [0.25, 0.3) is 71.4 Å². The summed E-state index contributed by atoms with van der Waals surface area (Å²) in [6.45, 7) is 0. The molecule has 0 spiro atoms. The number of thioether (sulfide) groups is 1. The molecule has 0 amide bonds. The van der Waals surface area contributed by atoms with Crippen LogP contribution in [0.1, 0.15) is 21.6 Å². The standard InChI is InChI=1S/C42H28S2/c1-3-7-31-17-27(9-13-29(31)5-1)11-15-39-23-37-21-33-19-34-22-38-24-40(16-12-28-10-14-30-6-2-4-8-32(30)18-28)44-42(38)26-36(34)20-35(33)25-41(37)43-39/h1-23,25-26,40H,24H2/b15-11+,16-12+. The van der Waals surface area contributed by atoms with Crippen LogP contribution in [0.2, 0.25) is 0 Å². The normalized spacial score (nSPS) is 15.1. The molecule has 1 aliphatic heterocycles. The van der Waals surface area contributed by atoms with Crippen molar-refractivity contribution in [3.8, 4) is 0 Å². The number of hydrogen-bond donors (Lipinski definition) is 0. The van der Waals surface area contributed by atoms with Gasteiger partial charge in [0.05, 0.1) is 0 Å². The lowest BCUT2D eigenvalue weighted by Gasteiger charge is -2.06. The fraction of sp³-hybridized carbons (Fsp3) is 0.0476. The molecule has 0 saturated carbocycles. The molecule has 0 saturated heterocycles. The maximum atomic E-state index is 2.43. The summed E-state index contributed by atoms with van der Waals surface area (Å²) in [4.78, 5) is 2.70. The second-order valence-corrected chi connectivity index (χ2v) is 14.2. The van der Waals surface area contributed by atoms with E-state index >= 15 is 0 Å². The first-order valence-electron chi connectivity index (χ1n) is 15.1. The molecule has 0 radical (unpaired) electrons. The van der Waals surface area contributed by atoms with Crippen LogP contribution < -0.4 is 0 Å². The summed E-state index contributed by atoms with van der Waals surface area (Å²) in [7, 11) is 0. The average molecular weight is 597 g/mol. The van der Waals surface area contributed by atoms with E-state index < -0.39 is 0 Å². The molecular weight excluding hydrogens is 569 g/mol. The van der Waals surface area contributed by atoms with Crippen molar-refractivity contribution in [3.63, 3.8) is 0 Å². The van der Waals surface area contributed by atoms with Crippen molar-refractivity contribution in [1.82, 2.24) is 0 Å². The van der Waals surface area contributed by atoms with Crippen molar-refractivity contribution in [3.05, 3.63) is 155 Å². The Kier molecular flexibility index (Phi) is 6.18. The smallest absolute Gasteiger partial charge is 0.0355 e. The number of hydrogen-bond acceptors (Lipinski definition) is 2. The minimum atomic E-state index is 0.467. The molecule has 0 nitrogen and oxygen atoms in total. The highest BCUT2D eigenvalue weighted by molar-refractivity contribution is 8.00. The molecule has 0 aliphatic carbocycles. The molecule has 1 aliphatic rings. The lowest BCUT2D eigenvalue weighted by atomic mass is 9.99. The lowest BCUT2D eigenvalue weighted by Crippen LogP contribution is -1.94. The summed E-state index contributed by atoms with van der Waals surface area (Å²) < 4.78 is 1.34. The first kappa shape index (κ1) is 25.8. The van der Waals surface area contributed by atoms with Gasteiger partial charge in [-0.1, -0.05) is 91.0 Å². The van der Waals surface area contributed by atoms with Crippen LogP contribution >= 0.6 is 23.1 Å². The maximum absolute atomic E-state index is 2.43. The molecule has 0 fully saturated rings. The third-order valence-corrected chi connectivity index (χ3v) is 11.1. The van der Waals surface area contributed by atoms with Crippen molar-refractivity contribution in [1.29, 1.82) is 0 Å². The van der Waals surface area contributed by atoms with Gasteiger partial charge in [-0.2, -0.15) is 0 Å². The molecule has 208 valence electrons. The molecular formula is C42H28S2. The van der Waals surface area contributed by atoms with E-state index in [0.717, 1.165) is 6.42 Å². The topological polar surface area (TPSA) is 0 Å². The van der Waals surface area contributed by atoms with E-state index in [-0.39, 0.29) is 0 Å². The first-order chi connectivity index (χ1) is 21.7. The van der Waals surface area contributed by atoms with Crippen molar-refractivity contribution < 1.29 is 0 Å². The predicted octanol–water partition coefficient (Wildman–Crippen LogP) is 12.4. The van der Waals surface area contributed by atoms with Gasteiger partial charge in [-0.05, 0) is 132 Å². The van der Waals surface area contributed by atoms with E-state index in [4.69, 9.17) is 0 Å². The number of fused-ring (bicyclic) bond motifs is 6. The highest BCUT2D eigenvalue weighted by atomic mass is 32.2. The van der Waals surface area contributed by atoms with Crippen molar-refractivity contribution >= 4 is 94.5 Å².